The fourth-order valence-corrected chi connectivity index (χ4v) is 2.46. The monoisotopic (exact) mass is 241 g/mol. The predicted molar refractivity (Wildman–Crippen MR) is 64.3 cm³/mol. The van der Waals surface area contributed by atoms with Crippen molar-refractivity contribution in [2.24, 2.45) is 5.73 Å². The first-order valence-electron chi connectivity index (χ1n) is 5.39. The Hall–Kier alpha value is -0.930. The summed E-state index contributed by atoms with van der Waals surface area (Å²) in [6.45, 7) is 6.38. The maximum absolute atomic E-state index is 6.24. The molecule has 88 valence electrons. The van der Waals surface area contributed by atoms with Crippen LogP contribution in [0.15, 0.2) is 6.07 Å². The van der Waals surface area contributed by atoms with Crippen molar-refractivity contribution in [3.8, 4) is 11.5 Å². The van der Waals surface area contributed by atoms with Gasteiger partial charge in [-0.2, -0.15) is 0 Å². The Morgan fingerprint density at radius 1 is 1.25 bits per heavy atom. The van der Waals surface area contributed by atoms with Gasteiger partial charge in [0.05, 0.1) is 0 Å². The summed E-state index contributed by atoms with van der Waals surface area (Å²) in [7, 11) is 0. The van der Waals surface area contributed by atoms with Crippen molar-refractivity contribution >= 4 is 11.6 Å². The van der Waals surface area contributed by atoms with Crippen molar-refractivity contribution in [2.45, 2.75) is 32.7 Å². The van der Waals surface area contributed by atoms with Gasteiger partial charge in [-0.3, -0.25) is 0 Å². The van der Waals surface area contributed by atoms with Crippen LogP contribution in [0.2, 0.25) is 5.02 Å². The molecule has 1 aliphatic rings. The van der Waals surface area contributed by atoms with Gasteiger partial charge in [0, 0.05) is 22.7 Å². The quantitative estimate of drug-likeness (QED) is 0.865. The topological polar surface area (TPSA) is 44.5 Å². The first kappa shape index (κ1) is 11.6. The van der Waals surface area contributed by atoms with Gasteiger partial charge in [0.2, 0.25) is 6.79 Å². The zero-order valence-electron chi connectivity index (χ0n) is 9.71. The molecule has 1 aliphatic heterocycles. The third-order valence-corrected chi connectivity index (χ3v) is 3.04. The second-order valence-corrected chi connectivity index (χ2v) is 4.77. The molecule has 0 fully saturated rings. The Kier molecular flexibility index (Phi) is 3.00. The Morgan fingerprint density at radius 2 is 1.94 bits per heavy atom. The van der Waals surface area contributed by atoms with Crippen molar-refractivity contribution in [1.82, 2.24) is 0 Å². The number of nitrogens with two attached hydrogens (primary N) is 1. The van der Waals surface area contributed by atoms with E-state index in [0.29, 0.717) is 10.9 Å². The van der Waals surface area contributed by atoms with Crippen LogP contribution in [-0.4, -0.2) is 6.79 Å². The molecule has 4 heteroatoms. The van der Waals surface area contributed by atoms with Crippen LogP contribution in [0.3, 0.4) is 0 Å². The van der Waals surface area contributed by atoms with E-state index in [1.807, 2.05) is 6.92 Å². The van der Waals surface area contributed by atoms with E-state index in [1.165, 1.54) is 0 Å². The lowest BCUT2D eigenvalue weighted by Gasteiger charge is -2.19. The third-order valence-electron chi connectivity index (χ3n) is 2.72. The lowest BCUT2D eigenvalue weighted by Crippen LogP contribution is -2.11. The summed E-state index contributed by atoms with van der Waals surface area (Å²) in [5.41, 5.74) is 7.99. The number of rotatable bonds is 2. The van der Waals surface area contributed by atoms with Crippen molar-refractivity contribution in [3.05, 3.63) is 22.2 Å². The van der Waals surface area contributed by atoms with Crippen LogP contribution in [0, 0.1) is 0 Å². The van der Waals surface area contributed by atoms with Gasteiger partial charge in [0.1, 0.15) is 0 Å². The molecular formula is C12H16ClNO2. The summed E-state index contributed by atoms with van der Waals surface area (Å²) >= 11 is 6.24. The molecule has 3 nitrogen and oxygen atoms in total. The highest BCUT2D eigenvalue weighted by atomic mass is 35.5. The molecule has 0 saturated heterocycles. The minimum Gasteiger partial charge on any atom is -0.454 e. The molecule has 1 heterocycles. The van der Waals surface area contributed by atoms with Crippen LogP contribution in [0.25, 0.3) is 0 Å². The van der Waals surface area contributed by atoms with E-state index < -0.39 is 0 Å². The Bertz CT molecular complexity index is 416. The molecule has 0 radical (unpaired) electrons. The molecule has 0 bridgehead atoms. The van der Waals surface area contributed by atoms with Gasteiger partial charge < -0.3 is 15.2 Å². The predicted octanol–water partition coefficient (Wildman–Crippen LogP) is 3.21. The maximum Gasteiger partial charge on any atom is 0.231 e. The molecule has 0 amide bonds. The average Bonchev–Trinajstić information content (AvgIpc) is 2.61. The van der Waals surface area contributed by atoms with Gasteiger partial charge in [-0.25, -0.2) is 0 Å². The standard InChI is InChI=1S/C12H16ClNO2/c1-6(2)10-11(7(3)14)8(13)4-9-12(10)16-5-15-9/h4,6-7H,5,14H2,1-3H3. The number of benzene rings is 1. The highest BCUT2D eigenvalue weighted by Gasteiger charge is 2.26. The van der Waals surface area contributed by atoms with Crippen LogP contribution >= 0.6 is 11.6 Å². The molecule has 0 aromatic heterocycles. The van der Waals surface area contributed by atoms with E-state index in [2.05, 4.69) is 13.8 Å². The molecule has 1 unspecified atom stereocenters. The van der Waals surface area contributed by atoms with Crippen molar-refractivity contribution in [1.29, 1.82) is 0 Å². The second-order valence-electron chi connectivity index (χ2n) is 4.36. The molecule has 2 rings (SSSR count). The van der Waals surface area contributed by atoms with E-state index in [-0.39, 0.29) is 12.8 Å². The average molecular weight is 242 g/mol. The van der Waals surface area contributed by atoms with Gasteiger partial charge in [-0.1, -0.05) is 25.4 Å². The Labute approximate surface area is 100 Å². The molecule has 0 saturated carbocycles. The van der Waals surface area contributed by atoms with Gasteiger partial charge in [0.15, 0.2) is 11.5 Å². The molecule has 0 spiro atoms. The largest absolute Gasteiger partial charge is 0.454 e. The Balaban J connectivity index is 2.69. The van der Waals surface area contributed by atoms with Crippen LogP contribution in [0.4, 0.5) is 0 Å². The highest BCUT2D eigenvalue weighted by molar-refractivity contribution is 6.31. The normalized spacial score (nSPS) is 15.6. The summed E-state index contributed by atoms with van der Waals surface area (Å²) in [5, 5.41) is 0.656. The summed E-state index contributed by atoms with van der Waals surface area (Å²) < 4.78 is 10.9. The molecular weight excluding hydrogens is 226 g/mol. The van der Waals surface area contributed by atoms with E-state index in [4.69, 9.17) is 26.8 Å². The van der Waals surface area contributed by atoms with E-state index in [1.54, 1.807) is 6.07 Å². The number of hydrogen-bond acceptors (Lipinski definition) is 3. The molecule has 16 heavy (non-hydrogen) atoms. The van der Waals surface area contributed by atoms with E-state index >= 15 is 0 Å². The fraction of sp³-hybridized carbons (Fsp3) is 0.500. The van der Waals surface area contributed by atoms with Crippen molar-refractivity contribution in [3.63, 3.8) is 0 Å². The number of ether oxygens (including phenoxy) is 2. The molecule has 1 aromatic rings. The van der Waals surface area contributed by atoms with Crippen molar-refractivity contribution < 1.29 is 9.47 Å². The fourth-order valence-electron chi connectivity index (χ4n) is 2.09. The zero-order valence-corrected chi connectivity index (χ0v) is 10.5. The molecule has 0 aliphatic carbocycles. The number of halogens is 1. The third kappa shape index (κ3) is 1.74. The molecule has 1 atom stereocenters. The van der Waals surface area contributed by atoms with Gasteiger partial charge >= 0.3 is 0 Å². The summed E-state index contributed by atoms with van der Waals surface area (Å²) in [6.07, 6.45) is 0. The number of fused-ring (bicyclic) bond motifs is 1. The summed E-state index contributed by atoms with van der Waals surface area (Å²) in [6, 6.07) is 1.67. The first-order valence-corrected chi connectivity index (χ1v) is 5.77. The zero-order chi connectivity index (χ0) is 11.9. The van der Waals surface area contributed by atoms with Crippen molar-refractivity contribution in [2.75, 3.05) is 6.79 Å². The summed E-state index contributed by atoms with van der Waals surface area (Å²) in [5.74, 6) is 1.82. The summed E-state index contributed by atoms with van der Waals surface area (Å²) in [4.78, 5) is 0. The molecule has 1 aromatic carbocycles. The van der Waals surface area contributed by atoms with Gasteiger partial charge in [0.25, 0.3) is 0 Å². The van der Waals surface area contributed by atoms with Crippen LogP contribution in [0.5, 0.6) is 11.5 Å². The SMILES string of the molecule is CC(C)c1c2c(cc(Cl)c1C(C)N)OCO2. The van der Waals surface area contributed by atoms with Crippen LogP contribution < -0.4 is 15.2 Å². The second kappa shape index (κ2) is 4.15. The minimum absolute atomic E-state index is 0.112. The minimum atomic E-state index is -0.112. The lowest BCUT2D eigenvalue weighted by molar-refractivity contribution is 0.173. The Morgan fingerprint density at radius 3 is 2.50 bits per heavy atom. The number of hydrogen-bond donors (Lipinski definition) is 1. The van der Waals surface area contributed by atoms with Gasteiger partial charge in [-0.15, -0.1) is 0 Å². The van der Waals surface area contributed by atoms with Crippen LogP contribution in [-0.2, 0) is 0 Å². The highest BCUT2D eigenvalue weighted by Crippen LogP contribution is 2.46. The van der Waals surface area contributed by atoms with Crippen LogP contribution in [0.1, 0.15) is 43.9 Å². The van der Waals surface area contributed by atoms with E-state index in [0.717, 1.165) is 22.6 Å². The molecule has 2 N–H and O–H groups in total. The van der Waals surface area contributed by atoms with E-state index in [9.17, 15) is 0 Å². The maximum atomic E-state index is 6.24. The first-order chi connectivity index (χ1) is 7.52. The lowest BCUT2D eigenvalue weighted by atomic mass is 9.92. The smallest absolute Gasteiger partial charge is 0.231 e. The van der Waals surface area contributed by atoms with Gasteiger partial charge in [-0.05, 0) is 18.4 Å².